The molecule has 0 fully saturated rings. The van der Waals surface area contributed by atoms with E-state index in [1.165, 1.54) is 42.1 Å². The average Bonchev–Trinajstić information content (AvgIpc) is 3.56. The molecule has 0 radical (unpaired) electrons. The van der Waals surface area contributed by atoms with Crippen molar-refractivity contribution in [2.45, 2.75) is 0 Å². The molecule has 0 unspecified atom stereocenters. The number of anilines is 3. The molecule has 0 bridgehead atoms. The average molecular weight is 720 g/mol. The van der Waals surface area contributed by atoms with Gasteiger partial charge in [0.15, 0.2) is 0 Å². The number of ether oxygens (including phenoxy) is 1. The molecule has 0 N–H and O–H groups in total. The van der Waals surface area contributed by atoms with Crippen molar-refractivity contribution >= 4 is 59.3 Å². The quantitative estimate of drug-likeness (QED) is 0.176. The Morgan fingerprint density at radius 3 is 1.91 bits per heavy atom. The minimum absolute atomic E-state index is 0.833. The van der Waals surface area contributed by atoms with Crippen LogP contribution in [0.1, 0.15) is 0 Å². The molecule has 2 nitrogen and oxygen atoms in total. The van der Waals surface area contributed by atoms with Gasteiger partial charge in [-0.1, -0.05) is 140 Å². The molecule has 0 spiro atoms. The third-order valence-corrected chi connectivity index (χ3v) is 12.0. The molecule has 0 saturated heterocycles. The Labute approximate surface area is 323 Å². The first-order chi connectivity index (χ1) is 27.3. The van der Waals surface area contributed by atoms with Gasteiger partial charge in [0, 0.05) is 53.8 Å². The van der Waals surface area contributed by atoms with E-state index in [-0.39, 0.29) is 0 Å². The second-order valence-corrected chi connectivity index (χ2v) is 15.1. The van der Waals surface area contributed by atoms with E-state index in [1.807, 2.05) is 11.3 Å². The molecule has 9 aromatic carbocycles. The van der Waals surface area contributed by atoms with Crippen LogP contribution in [0.4, 0.5) is 17.1 Å². The summed E-state index contributed by atoms with van der Waals surface area (Å²) in [5.74, 6) is 1.69. The maximum atomic E-state index is 7.01. The number of benzene rings is 9. The van der Waals surface area contributed by atoms with Gasteiger partial charge in [0.25, 0.3) is 0 Å². The molecule has 0 aliphatic carbocycles. The molecule has 10 aromatic rings. The SMILES string of the molecule is c1ccc(-c2ccc3c(c2)Oc2ccc(N(c4ccc5sc6ccccc6c5c4)c4ccccc4-c4ccccc4)cc2-c2ccc4ccccc4c2-3)cc1. The van der Waals surface area contributed by atoms with Crippen LogP contribution in [-0.2, 0) is 0 Å². The third-order valence-electron chi connectivity index (χ3n) is 10.9. The summed E-state index contributed by atoms with van der Waals surface area (Å²) >= 11 is 1.85. The minimum atomic E-state index is 0.833. The van der Waals surface area contributed by atoms with E-state index in [4.69, 9.17) is 4.74 Å². The molecule has 1 aliphatic heterocycles. The Kier molecular flexibility index (Phi) is 7.39. The maximum absolute atomic E-state index is 7.01. The minimum Gasteiger partial charge on any atom is -0.456 e. The predicted molar refractivity (Wildman–Crippen MR) is 233 cm³/mol. The fraction of sp³-hybridized carbons (Fsp3) is 0. The van der Waals surface area contributed by atoms with Crippen molar-refractivity contribution in [3.8, 4) is 56.0 Å². The molecule has 11 rings (SSSR count). The molecule has 55 heavy (non-hydrogen) atoms. The maximum Gasteiger partial charge on any atom is 0.135 e. The van der Waals surface area contributed by atoms with Crippen molar-refractivity contribution < 1.29 is 4.74 Å². The second kappa shape index (κ2) is 12.9. The van der Waals surface area contributed by atoms with Crippen molar-refractivity contribution in [3.05, 3.63) is 200 Å². The Morgan fingerprint density at radius 1 is 0.364 bits per heavy atom. The van der Waals surface area contributed by atoms with Crippen LogP contribution in [0.25, 0.3) is 75.5 Å². The van der Waals surface area contributed by atoms with Crippen LogP contribution in [0, 0.1) is 0 Å². The van der Waals surface area contributed by atoms with E-state index in [0.29, 0.717) is 0 Å². The number of hydrogen-bond donors (Lipinski definition) is 0. The van der Waals surface area contributed by atoms with Gasteiger partial charge in [-0.25, -0.2) is 0 Å². The van der Waals surface area contributed by atoms with E-state index in [0.717, 1.165) is 61.9 Å². The van der Waals surface area contributed by atoms with Crippen LogP contribution >= 0.6 is 11.3 Å². The zero-order valence-corrected chi connectivity index (χ0v) is 30.6. The lowest BCUT2D eigenvalue weighted by Gasteiger charge is -2.29. The lowest BCUT2D eigenvalue weighted by atomic mass is 9.89. The summed E-state index contributed by atoms with van der Waals surface area (Å²) in [7, 11) is 0. The number of para-hydroxylation sites is 1. The molecule has 2 heterocycles. The monoisotopic (exact) mass is 719 g/mol. The summed E-state index contributed by atoms with van der Waals surface area (Å²) in [6, 6.07) is 72.1. The van der Waals surface area contributed by atoms with Crippen molar-refractivity contribution in [1.82, 2.24) is 0 Å². The molecular formula is C52H33NOS. The van der Waals surface area contributed by atoms with E-state index >= 15 is 0 Å². The predicted octanol–water partition coefficient (Wildman–Crippen LogP) is 15.5. The van der Waals surface area contributed by atoms with Gasteiger partial charge >= 0.3 is 0 Å². The van der Waals surface area contributed by atoms with E-state index in [1.54, 1.807) is 0 Å². The zero-order valence-electron chi connectivity index (χ0n) is 29.8. The number of hydrogen-bond acceptors (Lipinski definition) is 3. The largest absolute Gasteiger partial charge is 0.456 e. The number of nitrogens with zero attached hydrogens (tertiary/aromatic N) is 1. The number of fused-ring (bicyclic) bond motifs is 10. The van der Waals surface area contributed by atoms with E-state index in [2.05, 4.69) is 205 Å². The summed E-state index contributed by atoms with van der Waals surface area (Å²) in [4.78, 5) is 2.42. The van der Waals surface area contributed by atoms with Gasteiger partial charge < -0.3 is 9.64 Å². The van der Waals surface area contributed by atoms with Crippen LogP contribution in [0.5, 0.6) is 11.5 Å². The summed E-state index contributed by atoms with van der Waals surface area (Å²) in [5.41, 5.74) is 12.4. The Hall–Kier alpha value is -6.94. The van der Waals surface area contributed by atoms with Crippen molar-refractivity contribution in [2.75, 3.05) is 4.90 Å². The van der Waals surface area contributed by atoms with Gasteiger partial charge in [-0.15, -0.1) is 11.3 Å². The molecule has 0 saturated carbocycles. The Balaban J connectivity index is 1.16. The Morgan fingerprint density at radius 2 is 1.04 bits per heavy atom. The van der Waals surface area contributed by atoms with Crippen molar-refractivity contribution in [2.24, 2.45) is 0 Å². The van der Waals surface area contributed by atoms with Gasteiger partial charge in [-0.2, -0.15) is 0 Å². The van der Waals surface area contributed by atoms with E-state index in [9.17, 15) is 0 Å². The first kappa shape index (κ1) is 31.6. The van der Waals surface area contributed by atoms with Gasteiger partial charge in [0.2, 0.25) is 0 Å². The standard InChI is InChI=1S/C52H33NOS/c1-3-13-34(14-4-1)37-24-28-44-49(31-37)54-48-29-25-38(32-45(48)43-27-23-36-17-7-8-19-41(36)52(43)44)53(47-21-11-9-18-40(47)35-15-5-2-6-16-35)39-26-30-51-46(33-39)42-20-10-12-22-50(42)55-51/h1-33H. The molecule has 258 valence electrons. The number of rotatable bonds is 5. The smallest absolute Gasteiger partial charge is 0.135 e. The highest BCUT2D eigenvalue weighted by molar-refractivity contribution is 7.25. The van der Waals surface area contributed by atoms with Gasteiger partial charge in [-0.3, -0.25) is 0 Å². The number of thiophene rings is 1. The molecule has 0 amide bonds. The normalized spacial score (nSPS) is 11.8. The molecule has 1 aromatic heterocycles. The topological polar surface area (TPSA) is 12.5 Å². The lowest BCUT2D eigenvalue weighted by molar-refractivity contribution is 0.488. The van der Waals surface area contributed by atoms with Crippen LogP contribution in [0.15, 0.2) is 200 Å². The molecule has 1 aliphatic rings. The lowest BCUT2D eigenvalue weighted by Crippen LogP contribution is -2.11. The summed E-state index contributed by atoms with van der Waals surface area (Å²) in [6.07, 6.45) is 0. The molecule has 0 atom stereocenters. The fourth-order valence-electron chi connectivity index (χ4n) is 8.30. The van der Waals surface area contributed by atoms with E-state index < -0.39 is 0 Å². The third kappa shape index (κ3) is 5.32. The molecule has 3 heteroatoms. The van der Waals surface area contributed by atoms with Crippen LogP contribution in [0.3, 0.4) is 0 Å². The summed E-state index contributed by atoms with van der Waals surface area (Å²) < 4.78 is 9.59. The van der Waals surface area contributed by atoms with Crippen LogP contribution in [-0.4, -0.2) is 0 Å². The zero-order chi connectivity index (χ0) is 36.3. The summed E-state index contributed by atoms with van der Waals surface area (Å²) in [5, 5.41) is 4.95. The summed E-state index contributed by atoms with van der Waals surface area (Å²) in [6.45, 7) is 0. The Bertz CT molecular complexity index is 3070. The highest BCUT2D eigenvalue weighted by Crippen LogP contribution is 2.52. The first-order valence-corrected chi connectivity index (χ1v) is 19.5. The van der Waals surface area contributed by atoms with Gasteiger partial charge in [-0.05, 0) is 93.7 Å². The van der Waals surface area contributed by atoms with Crippen LogP contribution < -0.4 is 9.64 Å². The fourth-order valence-corrected chi connectivity index (χ4v) is 9.38. The van der Waals surface area contributed by atoms with Gasteiger partial charge in [0.05, 0.1) is 5.69 Å². The van der Waals surface area contributed by atoms with Crippen molar-refractivity contribution in [3.63, 3.8) is 0 Å². The highest BCUT2D eigenvalue weighted by atomic mass is 32.1. The van der Waals surface area contributed by atoms with Crippen molar-refractivity contribution in [1.29, 1.82) is 0 Å². The van der Waals surface area contributed by atoms with Gasteiger partial charge in [0.1, 0.15) is 11.5 Å². The van der Waals surface area contributed by atoms with Crippen LogP contribution in [0.2, 0.25) is 0 Å². The molecular weight excluding hydrogens is 687 g/mol. The highest BCUT2D eigenvalue weighted by Gasteiger charge is 2.26. The first-order valence-electron chi connectivity index (χ1n) is 18.7. The second-order valence-electron chi connectivity index (χ2n) is 14.1.